The Morgan fingerprint density at radius 2 is 0.419 bits per heavy atom. The number of hydrogen-bond donors (Lipinski definition) is 0. The lowest BCUT2D eigenvalue weighted by Crippen LogP contribution is -1.67. The molecule has 0 aliphatic rings. The zero-order chi connectivity index (χ0) is 24.3. The van der Waals surface area contributed by atoms with Crippen LogP contribution < -0.4 is 0 Å². The van der Waals surface area contributed by atoms with E-state index in [-0.39, 0.29) is 0 Å². The molecule has 0 aliphatic carbocycles. The molecule has 0 heteroatoms. The molecule has 4 aromatic rings. The van der Waals surface area contributed by atoms with Crippen LogP contribution in [0, 0.1) is 0 Å². The van der Waals surface area contributed by atoms with Crippen molar-refractivity contribution in [3.05, 3.63) is 97.1 Å². The molecule has 0 nitrogen and oxygen atoms in total. The first-order valence-corrected chi connectivity index (χ1v) is 12.2. The second kappa shape index (κ2) is 27.4. The average molecular weight is 421 g/mol. The highest BCUT2D eigenvalue weighted by Gasteiger charge is 1.86. The summed E-state index contributed by atoms with van der Waals surface area (Å²) in [5.74, 6) is 0. The summed E-state index contributed by atoms with van der Waals surface area (Å²) in [4.78, 5) is 0. The summed E-state index contributed by atoms with van der Waals surface area (Å²) in [6.45, 7) is 20.2. The topological polar surface area (TPSA) is 0 Å². The van der Waals surface area contributed by atoms with Gasteiger partial charge in [0.2, 0.25) is 0 Å². The standard InChI is InChI=1S/2C10H8.C3H8.4C2H6/c2*1-2-6-10-8-4-3-7-9(10)5-1;1-3-2;4*1-2/h2*1-8H;3H2,1-2H3;4*1-2H3. The molecule has 0 saturated carbocycles. The molecule has 0 N–H and O–H groups in total. The second-order valence-corrected chi connectivity index (χ2v) is 5.40. The quantitative estimate of drug-likeness (QED) is 0.265. The molecule has 0 atom stereocenters. The van der Waals surface area contributed by atoms with Crippen LogP contribution in [0.1, 0.15) is 75.7 Å². The van der Waals surface area contributed by atoms with Gasteiger partial charge in [-0.2, -0.15) is 0 Å². The minimum Gasteiger partial charge on any atom is -0.0683 e. The Morgan fingerprint density at radius 3 is 0.516 bits per heavy atom. The van der Waals surface area contributed by atoms with Gasteiger partial charge >= 0.3 is 0 Å². The van der Waals surface area contributed by atoms with Crippen LogP contribution in [0.3, 0.4) is 0 Å². The lowest BCUT2D eigenvalue weighted by Gasteiger charge is -1.92. The van der Waals surface area contributed by atoms with Crippen molar-refractivity contribution in [2.75, 3.05) is 0 Å². The third kappa shape index (κ3) is 15.8. The molecule has 0 saturated heterocycles. The molecule has 0 fully saturated rings. The van der Waals surface area contributed by atoms with E-state index in [4.69, 9.17) is 0 Å². The first kappa shape index (κ1) is 33.0. The summed E-state index contributed by atoms with van der Waals surface area (Å²) in [6.07, 6.45) is 1.25. The van der Waals surface area contributed by atoms with E-state index in [1.807, 2.05) is 55.4 Å². The maximum absolute atomic E-state index is 2.12. The third-order valence-corrected chi connectivity index (χ3v) is 3.32. The fraction of sp³-hybridized carbons (Fsp3) is 0.355. The molecule has 0 aliphatic heterocycles. The SMILES string of the molecule is CC.CC.CC.CC.CCC.c1ccc2ccccc2c1.c1ccc2ccccc2c1. The van der Waals surface area contributed by atoms with Crippen molar-refractivity contribution < 1.29 is 0 Å². The zero-order valence-corrected chi connectivity index (χ0v) is 21.9. The van der Waals surface area contributed by atoms with Crippen molar-refractivity contribution in [3.63, 3.8) is 0 Å². The van der Waals surface area contributed by atoms with E-state index in [0.717, 1.165) is 0 Å². The Labute approximate surface area is 194 Å². The molecular formula is C31H48. The molecule has 4 rings (SSSR count). The molecule has 0 unspecified atom stereocenters. The van der Waals surface area contributed by atoms with Crippen molar-refractivity contribution in [2.24, 2.45) is 0 Å². The van der Waals surface area contributed by atoms with Crippen LogP contribution >= 0.6 is 0 Å². The molecule has 31 heavy (non-hydrogen) atoms. The van der Waals surface area contributed by atoms with Gasteiger partial charge in [0.25, 0.3) is 0 Å². The fourth-order valence-electron chi connectivity index (χ4n) is 2.27. The van der Waals surface area contributed by atoms with Crippen molar-refractivity contribution in [2.45, 2.75) is 75.7 Å². The molecule has 0 amide bonds. The van der Waals surface area contributed by atoms with E-state index < -0.39 is 0 Å². The van der Waals surface area contributed by atoms with Gasteiger partial charge in [-0.15, -0.1) is 0 Å². The summed E-state index contributed by atoms with van der Waals surface area (Å²) >= 11 is 0. The summed E-state index contributed by atoms with van der Waals surface area (Å²) in [6, 6.07) is 33.4. The number of rotatable bonds is 0. The van der Waals surface area contributed by atoms with Gasteiger partial charge in [-0.25, -0.2) is 0 Å². The molecule has 4 aromatic carbocycles. The average Bonchev–Trinajstić information content (AvgIpc) is 2.90. The van der Waals surface area contributed by atoms with E-state index in [1.165, 1.54) is 28.0 Å². The minimum absolute atomic E-state index is 1.25. The van der Waals surface area contributed by atoms with E-state index in [1.54, 1.807) is 0 Å². The normalized spacial score (nSPS) is 7.81. The highest BCUT2D eigenvalue weighted by Crippen LogP contribution is 2.11. The fourth-order valence-corrected chi connectivity index (χ4v) is 2.27. The largest absolute Gasteiger partial charge is 0.0683 e. The Morgan fingerprint density at radius 1 is 0.323 bits per heavy atom. The number of hydrogen-bond acceptors (Lipinski definition) is 0. The summed E-state index contributed by atoms with van der Waals surface area (Å²) in [5.41, 5.74) is 0. The molecule has 0 heterocycles. The molecule has 0 radical (unpaired) electrons. The van der Waals surface area contributed by atoms with Crippen molar-refractivity contribution in [1.82, 2.24) is 0 Å². The third-order valence-electron chi connectivity index (χ3n) is 3.32. The number of fused-ring (bicyclic) bond motifs is 2. The smallest absolute Gasteiger partial charge is 0.0184 e. The number of benzene rings is 4. The summed E-state index contributed by atoms with van der Waals surface area (Å²) in [7, 11) is 0. The zero-order valence-electron chi connectivity index (χ0n) is 21.9. The van der Waals surface area contributed by atoms with Gasteiger partial charge in [-0.3, -0.25) is 0 Å². The van der Waals surface area contributed by atoms with Gasteiger partial charge in [0.05, 0.1) is 0 Å². The summed E-state index contributed by atoms with van der Waals surface area (Å²) < 4.78 is 0. The molecule has 0 spiro atoms. The van der Waals surface area contributed by atoms with Crippen LogP contribution in [0.15, 0.2) is 97.1 Å². The van der Waals surface area contributed by atoms with Crippen molar-refractivity contribution in [1.29, 1.82) is 0 Å². The Bertz CT molecular complexity index is 628. The Balaban J connectivity index is -0.000000352. The van der Waals surface area contributed by atoms with E-state index in [2.05, 4.69) is 111 Å². The van der Waals surface area contributed by atoms with Gasteiger partial charge in [-0.1, -0.05) is 173 Å². The van der Waals surface area contributed by atoms with E-state index in [0.29, 0.717) is 0 Å². The second-order valence-electron chi connectivity index (χ2n) is 5.40. The monoisotopic (exact) mass is 420 g/mol. The predicted molar refractivity (Wildman–Crippen MR) is 149 cm³/mol. The predicted octanol–water partition coefficient (Wildman–Crippen LogP) is 11.2. The van der Waals surface area contributed by atoms with E-state index in [9.17, 15) is 0 Å². The first-order chi connectivity index (χ1) is 15.3. The minimum atomic E-state index is 1.25. The van der Waals surface area contributed by atoms with Crippen molar-refractivity contribution >= 4 is 21.5 Å². The lowest BCUT2D eigenvalue weighted by molar-refractivity contribution is 1.09. The highest BCUT2D eigenvalue weighted by atomic mass is 13.9. The lowest BCUT2D eigenvalue weighted by atomic mass is 10.1. The molecule has 0 aromatic heterocycles. The van der Waals surface area contributed by atoms with Gasteiger partial charge in [-0.05, 0) is 21.5 Å². The van der Waals surface area contributed by atoms with Crippen LogP contribution in [0.4, 0.5) is 0 Å². The molecular weight excluding hydrogens is 372 g/mol. The first-order valence-electron chi connectivity index (χ1n) is 12.2. The maximum Gasteiger partial charge on any atom is -0.0184 e. The highest BCUT2D eigenvalue weighted by molar-refractivity contribution is 5.82. The van der Waals surface area contributed by atoms with Gasteiger partial charge < -0.3 is 0 Å². The van der Waals surface area contributed by atoms with Gasteiger partial charge in [0, 0.05) is 0 Å². The van der Waals surface area contributed by atoms with Gasteiger partial charge in [0.15, 0.2) is 0 Å². The molecule has 172 valence electrons. The van der Waals surface area contributed by atoms with Crippen LogP contribution in [-0.4, -0.2) is 0 Å². The van der Waals surface area contributed by atoms with Crippen LogP contribution in [0.2, 0.25) is 0 Å². The Hall–Kier alpha value is -2.60. The summed E-state index contributed by atoms with van der Waals surface area (Å²) in [5, 5.41) is 5.24. The van der Waals surface area contributed by atoms with Crippen LogP contribution in [0.5, 0.6) is 0 Å². The Kier molecular flexibility index (Phi) is 29.2. The van der Waals surface area contributed by atoms with Crippen LogP contribution in [0.25, 0.3) is 21.5 Å². The molecule has 0 bridgehead atoms. The van der Waals surface area contributed by atoms with Gasteiger partial charge in [0.1, 0.15) is 0 Å². The maximum atomic E-state index is 2.12. The van der Waals surface area contributed by atoms with Crippen molar-refractivity contribution in [3.8, 4) is 0 Å². The van der Waals surface area contributed by atoms with E-state index >= 15 is 0 Å². The van der Waals surface area contributed by atoms with Crippen LogP contribution in [-0.2, 0) is 0 Å².